The number of thiazole rings is 1. The van der Waals surface area contributed by atoms with Gasteiger partial charge in [-0.15, -0.1) is 11.3 Å². The number of anilines is 3. The van der Waals surface area contributed by atoms with Crippen molar-refractivity contribution in [2.75, 3.05) is 17.2 Å². The van der Waals surface area contributed by atoms with Crippen molar-refractivity contribution in [3.8, 4) is 0 Å². The quantitative estimate of drug-likeness (QED) is 0.280. The highest BCUT2D eigenvalue weighted by molar-refractivity contribution is 7.16. The molecule has 10 heteroatoms. The molecule has 0 radical (unpaired) electrons. The molecule has 198 valence electrons. The van der Waals surface area contributed by atoms with Crippen LogP contribution in [0.4, 0.5) is 17.2 Å². The number of nitrogens with one attached hydrogen (secondary N) is 4. The molecule has 2 heterocycles. The Morgan fingerprint density at radius 1 is 1.14 bits per heavy atom. The number of aliphatic hydroxyl groups is 1. The van der Waals surface area contributed by atoms with Crippen molar-refractivity contribution in [1.82, 2.24) is 20.6 Å². The first-order valence-corrected chi connectivity index (χ1v) is 13.6. The summed E-state index contributed by atoms with van der Waals surface area (Å²) in [4.78, 5) is 34.4. The molecule has 3 aromatic rings. The van der Waals surface area contributed by atoms with Crippen LogP contribution in [0.5, 0.6) is 0 Å². The molecule has 1 saturated carbocycles. The highest BCUT2D eigenvalue weighted by Gasteiger charge is 2.28. The number of fused-ring (bicyclic) bond motifs is 1. The maximum absolute atomic E-state index is 13.2. The maximum atomic E-state index is 13.2. The van der Waals surface area contributed by atoms with Crippen LogP contribution in [0.2, 0.25) is 0 Å². The lowest BCUT2D eigenvalue weighted by Gasteiger charge is -2.29. The van der Waals surface area contributed by atoms with Crippen molar-refractivity contribution in [3.63, 3.8) is 0 Å². The molecule has 1 aromatic carbocycles. The molecule has 0 atom stereocenters. The maximum Gasteiger partial charge on any atom is 0.255 e. The molecule has 0 aliphatic heterocycles. The van der Waals surface area contributed by atoms with Crippen LogP contribution < -0.4 is 21.3 Å². The zero-order valence-corrected chi connectivity index (χ0v) is 22.6. The molecule has 9 nitrogen and oxygen atoms in total. The molecule has 2 aromatic heterocycles. The highest BCUT2D eigenvalue weighted by Crippen LogP contribution is 2.28. The zero-order chi connectivity index (χ0) is 26.6. The Bertz CT molecular complexity index is 1240. The van der Waals surface area contributed by atoms with Crippen LogP contribution in [0.3, 0.4) is 0 Å². The van der Waals surface area contributed by atoms with Crippen LogP contribution in [0, 0.1) is 5.92 Å². The third-order valence-electron chi connectivity index (χ3n) is 6.32. The van der Waals surface area contributed by atoms with Crippen LogP contribution in [-0.2, 0) is 4.79 Å². The molecular weight excluding hydrogens is 488 g/mol. The Kier molecular flexibility index (Phi) is 8.29. The second-order valence-electron chi connectivity index (χ2n) is 10.6. The van der Waals surface area contributed by atoms with Crippen LogP contribution >= 0.6 is 11.3 Å². The Hall–Kier alpha value is -3.24. The standard InChI is InChI=1S/C27H36N6O3S/c1-16(2)31-22-12-24(32-19-9-10-21-23(11-19)37-15-30-21)28-13-20(22)26(35)33-18-7-5-17(6-8-18)25(34)29-14-27(3,4)36/h9-13,15-18,36H,5-8,14H2,1-4H3,(H,29,34)(H,33,35)(H2,28,31,32)/t17-,18-. The molecule has 5 N–H and O–H groups in total. The van der Waals surface area contributed by atoms with Crippen molar-refractivity contribution < 1.29 is 14.7 Å². The molecule has 4 rings (SSSR count). The van der Waals surface area contributed by atoms with E-state index in [1.807, 2.05) is 43.6 Å². The van der Waals surface area contributed by atoms with Crippen molar-refractivity contribution in [2.45, 2.75) is 71.1 Å². The Labute approximate surface area is 221 Å². The number of amides is 2. The minimum absolute atomic E-state index is 0.00154. The molecule has 0 spiro atoms. The lowest BCUT2D eigenvalue weighted by atomic mass is 9.85. The average molecular weight is 525 g/mol. The summed E-state index contributed by atoms with van der Waals surface area (Å²) in [5, 5.41) is 22.5. The van der Waals surface area contributed by atoms with Crippen LogP contribution in [-0.4, -0.2) is 51.1 Å². The first-order valence-electron chi connectivity index (χ1n) is 12.8. The van der Waals surface area contributed by atoms with E-state index >= 15 is 0 Å². The van der Waals surface area contributed by atoms with Gasteiger partial charge in [0.1, 0.15) is 5.82 Å². The molecule has 1 fully saturated rings. The van der Waals surface area contributed by atoms with Gasteiger partial charge in [0.25, 0.3) is 5.91 Å². The molecule has 0 saturated heterocycles. The van der Waals surface area contributed by atoms with Gasteiger partial charge >= 0.3 is 0 Å². The predicted octanol–water partition coefficient (Wildman–Crippen LogP) is 4.43. The van der Waals surface area contributed by atoms with Gasteiger partial charge in [-0.2, -0.15) is 0 Å². The third-order valence-corrected chi connectivity index (χ3v) is 7.12. The number of rotatable bonds is 9. The SMILES string of the molecule is CC(C)Nc1cc(Nc2ccc3ncsc3c2)ncc1C(=O)N[C@H]1CC[C@H](C(=O)NCC(C)(C)O)CC1. The van der Waals surface area contributed by atoms with Gasteiger partial charge in [0.2, 0.25) is 5.91 Å². The fourth-order valence-corrected chi connectivity index (χ4v) is 5.14. The van der Waals surface area contributed by atoms with Gasteiger partial charge in [-0.3, -0.25) is 9.59 Å². The van der Waals surface area contributed by atoms with Crippen LogP contribution in [0.15, 0.2) is 36.0 Å². The Balaban J connectivity index is 1.38. The van der Waals surface area contributed by atoms with Gasteiger partial charge in [0.05, 0.1) is 32.6 Å². The van der Waals surface area contributed by atoms with Gasteiger partial charge in [-0.25, -0.2) is 9.97 Å². The molecule has 1 aliphatic carbocycles. The van der Waals surface area contributed by atoms with Gasteiger partial charge in [-0.1, -0.05) is 0 Å². The van der Waals surface area contributed by atoms with E-state index in [1.165, 1.54) is 0 Å². The van der Waals surface area contributed by atoms with E-state index in [9.17, 15) is 14.7 Å². The molecule has 0 unspecified atom stereocenters. The van der Waals surface area contributed by atoms with Gasteiger partial charge in [0.15, 0.2) is 0 Å². The van der Waals surface area contributed by atoms with E-state index < -0.39 is 5.60 Å². The van der Waals surface area contributed by atoms with Gasteiger partial charge < -0.3 is 26.4 Å². The van der Waals surface area contributed by atoms with Crippen LogP contribution in [0.1, 0.15) is 63.7 Å². The molecule has 0 bridgehead atoms. The number of carbonyl (C=O) groups is 2. The normalized spacial score (nSPS) is 18.0. The smallest absolute Gasteiger partial charge is 0.255 e. The van der Waals surface area contributed by atoms with Crippen LogP contribution in [0.25, 0.3) is 10.2 Å². The van der Waals surface area contributed by atoms with E-state index in [0.29, 0.717) is 29.9 Å². The molecule has 37 heavy (non-hydrogen) atoms. The van der Waals surface area contributed by atoms with E-state index in [0.717, 1.165) is 28.7 Å². The fraction of sp³-hybridized carbons (Fsp3) is 0.481. The summed E-state index contributed by atoms with van der Waals surface area (Å²) < 4.78 is 1.09. The molecular formula is C27H36N6O3S. The number of hydrogen-bond acceptors (Lipinski definition) is 8. The molecule has 2 amide bonds. The summed E-state index contributed by atoms with van der Waals surface area (Å²) in [6.07, 6.45) is 4.46. The monoisotopic (exact) mass is 524 g/mol. The van der Waals surface area contributed by atoms with E-state index in [1.54, 1.807) is 31.4 Å². The summed E-state index contributed by atoms with van der Waals surface area (Å²) in [5.41, 5.74) is 3.95. The predicted molar refractivity (Wildman–Crippen MR) is 148 cm³/mol. The van der Waals surface area contributed by atoms with Gasteiger partial charge in [-0.05, 0) is 71.6 Å². The molecule has 1 aliphatic rings. The second-order valence-corrected chi connectivity index (χ2v) is 11.5. The zero-order valence-electron chi connectivity index (χ0n) is 21.8. The number of benzene rings is 1. The number of hydrogen-bond donors (Lipinski definition) is 5. The van der Waals surface area contributed by atoms with E-state index in [2.05, 4.69) is 31.2 Å². The van der Waals surface area contributed by atoms with E-state index in [4.69, 9.17) is 0 Å². The largest absolute Gasteiger partial charge is 0.389 e. The average Bonchev–Trinajstić information content (AvgIpc) is 3.30. The number of carbonyl (C=O) groups excluding carboxylic acids is 2. The van der Waals surface area contributed by atoms with Crippen molar-refractivity contribution in [3.05, 3.63) is 41.5 Å². The Morgan fingerprint density at radius 3 is 2.59 bits per heavy atom. The lowest BCUT2D eigenvalue weighted by molar-refractivity contribution is -0.127. The first kappa shape index (κ1) is 26.8. The van der Waals surface area contributed by atoms with Crippen molar-refractivity contribution >= 4 is 50.6 Å². The summed E-state index contributed by atoms with van der Waals surface area (Å²) in [7, 11) is 0. The van der Waals surface area contributed by atoms with Crippen molar-refractivity contribution in [1.29, 1.82) is 0 Å². The fourth-order valence-electron chi connectivity index (χ4n) is 4.43. The number of aromatic nitrogens is 2. The summed E-state index contributed by atoms with van der Waals surface area (Å²) in [5.74, 6) is 0.339. The highest BCUT2D eigenvalue weighted by atomic mass is 32.1. The first-order chi connectivity index (χ1) is 17.6. The Morgan fingerprint density at radius 2 is 1.89 bits per heavy atom. The second kappa shape index (κ2) is 11.4. The summed E-state index contributed by atoms with van der Waals surface area (Å²) >= 11 is 1.58. The lowest BCUT2D eigenvalue weighted by Crippen LogP contribution is -2.44. The summed E-state index contributed by atoms with van der Waals surface area (Å²) in [6, 6.07) is 7.95. The minimum Gasteiger partial charge on any atom is -0.389 e. The number of pyridine rings is 1. The van der Waals surface area contributed by atoms with Crippen molar-refractivity contribution in [2.24, 2.45) is 5.92 Å². The topological polar surface area (TPSA) is 128 Å². The minimum atomic E-state index is -0.934. The summed E-state index contributed by atoms with van der Waals surface area (Å²) in [6.45, 7) is 7.61. The van der Waals surface area contributed by atoms with E-state index in [-0.39, 0.29) is 36.4 Å². The number of nitrogens with zero attached hydrogens (tertiary/aromatic N) is 2. The van der Waals surface area contributed by atoms with Gasteiger partial charge in [0, 0.05) is 42.5 Å². The third kappa shape index (κ3) is 7.39.